The van der Waals surface area contributed by atoms with Crippen LogP contribution in [0, 0.1) is 5.92 Å². The van der Waals surface area contributed by atoms with E-state index >= 15 is 0 Å². The van der Waals surface area contributed by atoms with Gasteiger partial charge in [0, 0.05) is 25.1 Å². The molecule has 0 saturated heterocycles. The van der Waals surface area contributed by atoms with E-state index in [1.165, 1.54) is 5.56 Å². The molecule has 0 unspecified atom stereocenters. The average Bonchev–Trinajstić information content (AvgIpc) is 2.64. The molecule has 1 fully saturated rings. The van der Waals surface area contributed by atoms with Gasteiger partial charge in [0.2, 0.25) is 5.91 Å². The van der Waals surface area contributed by atoms with E-state index in [2.05, 4.69) is 5.32 Å². The molecule has 1 aromatic rings. The van der Waals surface area contributed by atoms with Gasteiger partial charge in [0.15, 0.2) is 0 Å². The zero-order valence-electron chi connectivity index (χ0n) is 14.8. The average molecular weight is 348 g/mol. The maximum absolute atomic E-state index is 12.1. The van der Waals surface area contributed by atoms with Crippen LogP contribution in [0.15, 0.2) is 24.3 Å². The van der Waals surface area contributed by atoms with Crippen molar-refractivity contribution in [2.75, 3.05) is 33.5 Å². The Morgan fingerprint density at radius 3 is 2.36 bits per heavy atom. The lowest BCUT2D eigenvalue weighted by atomic mass is 9.78. The first-order valence-corrected chi connectivity index (χ1v) is 8.86. The van der Waals surface area contributed by atoms with Crippen LogP contribution in [0.25, 0.3) is 0 Å². The van der Waals surface area contributed by atoms with E-state index in [1.807, 2.05) is 24.3 Å². The third-order valence-electron chi connectivity index (χ3n) is 4.74. The molecule has 0 atom stereocenters. The monoisotopic (exact) mass is 348 g/mol. The molecule has 1 aliphatic carbocycles. The van der Waals surface area contributed by atoms with Crippen molar-refractivity contribution < 1.29 is 19.1 Å². The lowest BCUT2D eigenvalue weighted by Gasteiger charge is -2.27. The summed E-state index contributed by atoms with van der Waals surface area (Å²) in [6.07, 6.45) is 3.65. The number of amides is 2. The Labute approximate surface area is 149 Å². The molecule has 6 nitrogen and oxygen atoms in total. The van der Waals surface area contributed by atoms with Crippen LogP contribution in [-0.4, -0.2) is 45.3 Å². The van der Waals surface area contributed by atoms with Crippen molar-refractivity contribution in [1.29, 1.82) is 0 Å². The summed E-state index contributed by atoms with van der Waals surface area (Å²) in [6, 6.07) is 7.74. The molecule has 2 rings (SSSR count). The molecule has 1 saturated carbocycles. The van der Waals surface area contributed by atoms with Crippen molar-refractivity contribution in [2.24, 2.45) is 11.7 Å². The number of rotatable bonds is 9. The number of primary amides is 1. The third kappa shape index (κ3) is 6.14. The van der Waals surface area contributed by atoms with E-state index in [9.17, 15) is 9.59 Å². The smallest absolute Gasteiger partial charge is 0.251 e. The van der Waals surface area contributed by atoms with Crippen LogP contribution in [-0.2, 0) is 14.3 Å². The molecule has 2 amide bonds. The van der Waals surface area contributed by atoms with Crippen molar-refractivity contribution in [2.45, 2.75) is 31.6 Å². The fraction of sp³-hybridized carbons (Fsp3) is 0.579. The van der Waals surface area contributed by atoms with Crippen molar-refractivity contribution >= 4 is 11.8 Å². The molecule has 0 heterocycles. The van der Waals surface area contributed by atoms with Crippen molar-refractivity contribution in [3.05, 3.63) is 35.4 Å². The number of hydrogen-bond acceptors (Lipinski definition) is 4. The molecule has 1 aromatic carbocycles. The molecule has 6 heteroatoms. The molecular weight excluding hydrogens is 320 g/mol. The van der Waals surface area contributed by atoms with E-state index < -0.39 is 0 Å². The van der Waals surface area contributed by atoms with Gasteiger partial charge in [-0.2, -0.15) is 0 Å². The van der Waals surface area contributed by atoms with Gasteiger partial charge in [-0.25, -0.2) is 0 Å². The Balaban J connectivity index is 1.76. The fourth-order valence-electron chi connectivity index (χ4n) is 3.20. The molecule has 3 N–H and O–H groups in total. The first-order valence-electron chi connectivity index (χ1n) is 8.86. The van der Waals surface area contributed by atoms with Crippen molar-refractivity contribution in [1.82, 2.24) is 5.32 Å². The second-order valence-electron chi connectivity index (χ2n) is 6.43. The highest BCUT2D eigenvalue weighted by atomic mass is 16.5. The van der Waals surface area contributed by atoms with E-state index in [4.69, 9.17) is 15.2 Å². The highest BCUT2D eigenvalue weighted by Gasteiger charge is 2.25. The summed E-state index contributed by atoms with van der Waals surface area (Å²) in [5.74, 6) is 0.185. The van der Waals surface area contributed by atoms with Crippen LogP contribution in [0.4, 0.5) is 0 Å². The largest absolute Gasteiger partial charge is 0.382 e. The Kier molecular flexibility index (Phi) is 7.88. The van der Waals surface area contributed by atoms with Gasteiger partial charge in [-0.3, -0.25) is 9.59 Å². The molecule has 0 aromatic heterocycles. The van der Waals surface area contributed by atoms with Gasteiger partial charge >= 0.3 is 0 Å². The highest BCUT2D eigenvalue weighted by molar-refractivity contribution is 5.94. The predicted octanol–water partition coefficient (Wildman–Crippen LogP) is 1.84. The molecule has 25 heavy (non-hydrogen) atoms. The van der Waals surface area contributed by atoms with Gasteiger partial charge < -0.3 is 20.5 Å². The SMILES string of the molecule is COCCOCCNC(=O)c1ccc(C2CCC(C(N)=O)CC2)cc1. The minimum absolute atomic E-state index is 0.0207. The van der Waals surface area contributed by atoms with Gasteiger partial charge in [0.25, 0.3) is 5.91 Å². The molecule has 0 aliphatic heterocycles. The molecular formula is C19H28N2O4. The number of benzene rings is 1. The van der Waals surface area contributed by atoms with E-state index in [-0.39, 0.29) is 17.7 Å². The number of nitrogens with one attached hydrogen (secondary N) is 1. The molecule has 0 spiro atoms. The zero-order chi connectivity index (χ0) is 18.1. The summed E-state index contributed by atoms with van der Waals surface area (Å²) < 4.78 is 10.2. The number of methoxy groups -OCH3 is 1. The summed E-state index contributed by atoms with van der Waals surface area (Å²) >= 11 is 0. The van der Waals surface area contributed by atoms with Gasteiger partial charge in [0.05, 0.1) is 19.8 Å². The lowest BCUT2D eigenvalue weighted by Crippen LogP contribution is -2.28. The summed E-state index contributed by atoms with van der Waals surface area (Å²) in [6.45, 7) is 2.02. The molecule has 1 aliphatic rings. The van der Waals surface area contributed by atoms with Crippen molar-refractivity contribution in [3.63, 3.8) is 0 Å². The minimum atomic E-state index is -0.184. The maximum atomic E-state index is 12.1. The van der Waals surface area contributed by atoms with Crippen LogP contribution >= 0.6 is 0 Å². The van der Waals surface area contributed by atoms with Gasteiger partial charge in [-0.15, -0.1) is 0 Å². The fourth-order valence-corrected chi connectivity index (χ4v) is 3.20. The topological polar surface area (TPSA) is 90.7 Å². The van der Waals surface area contributed by atoms with Crippen LogP contribution in [0.3, 0.4) is 0 Å². The van der Waals surface area contributed by atoms with Crippen LogP contribution in [0.2, 0.25) is 0 Å². The van der Waals surface area contributed by atoms with E-state index in [1.54, 1.807) is 7.11 Å². The summed E-state index contributed by atoms with van der Waals surface area (Å²) in [5, 5.41) is 2.84. The van der Waals surface area contributed by atoms with Gasteiger partial charge in [0.1, 0.15) is 0 Å². The van der Waals surface area contributed by atoms with Gasteiger partial charge in [-0.1, -0.05) is 12.1 Å². The molecule has 0 bridgehead atoms. The van der Waals surface area contributed by atoms with Crippen LogP contribution in [0.1, 0.15) is 47.5 Å². The van der Waals surface area contributed by atoms with Crippen LogP contribution < -0.4 is 11.1 Å². The number of nitrogens with two attached hydrogens (primary N) is 1. The zero-order valence-corrected chi connectivity index (χ0v) is 14.8. The summed E-state index contributed by atoms with van der Waals surface area (Å²) in [5.41, 5.74) is 7.25. The number of hydrogen-bond donors (Lipinski definition) is 2. The second-order valence-corrected chi connectivity index (χ2v) is 6.43. The van der Waals surface area contributed by atoms with E-state index in [0.29, 0.717) is 37.8 Å². The lowest BCUT2D eigenvalue weighted by molar-refractivity contribution is -0.122. The summed E-state index contributed by atoms with van der Waals surface area (Å²) in [4.78, 5) is 23.3. The predicted molar refractivity (Wildman–Crippen MR) is 95.4 cm³/mol. The van der Waals surface area contributed by atoms with Gasteiger partial charge in [-0.05, 0) is 49.3 Å². The Hall–Kier alpha value is -1.92. The Morgan fingerprint density at radius 2 is 1.76 bits per heavy atom. The Bertz CT molecular complexity index is 551. The quantitative estimate of drug-likeness (QED) is 0.666. The molecule has 138 valence electrons. The van der Waals surface area contributed by atoms with E-state index in [0.717, 1.165) is 25.7 Å². The third-order valence-corrected chi connectivity index (χ3v) is 4.74. The Morgan fingerprint density at radius 1 is 1.08 bits per heavy atom. The molecule has 0 radical (unpaired) electrons. The second kappa shape index (κ2) is 10.2. The summed E-state index contributed by atoms with van der Waals surface area (Å²) in [7, 11) is 1.62. The van der Waals surface area contributed by atoms with Crippen molar-refractivity contribution in [3.8, 4) is 0 Å². The maximum Gasteiger partial charge on any atom is 0.251 e. The minimum Gasteiger partial charge on any atom is -0.382 e. The van der Waals surface area contributed by atoms with Crippen LogP contribution in [0.5, 0.6) is 0 Å². The number of carbonyl (C=O) groups excluding carboxylic acids is 2. The first-order chi connectivity index (χ1) is 12.1. The standard InChI is InChI=1S/C19H28N2O4/c1-24-12-13-25-11-10-21-19(23)17-8-4-15(5-9-17)14-2-6-16(7-3-14)18(20)22/h4-5,8-9,14,16H,2-3,6-7,10-13H2,1H3,(H2,20,22)(H,21,23). The first kappa shape index (κ1) is 19.4. The number of ether oxygens (including phenoxy) is 2. The number of carbonyl (C=O) groups is 2. The highest BCUT2D eigenvalue weighted by Crippen LogP contribution is 2.35. The normalized spacial score (nSPS) is 20.2.